The topological polar surface area (TPSA) is 108 Å². The molecule has 1 aliphatic rings. The van der Waals surface area contributed by atoms with Crippen LogP contribution >= 0.6 is 0 Å². The molecule has 3 rings (SSSR count). The zero-order valence-electron chi connectivity index (χ0n) is 16.5. The molecule has 0 saturated carbocycles. The summed E-state index contributed by atoms with van der Waals surface area (Å²) in [7, 11) is 1.52. The van der Waals surface area contributed by atoms with Crippen LogP contribution in [0.25, 0.3) is 0 Å². The number of nitrogens with one attached hydrogen (secondary N) is 3. The largest absolute Gasteiger partial charge is 0.355 e. The molecule has 1 unspecified atom stereocenters. The monoisotopic (exact) mass is 412 g/mol. The highest BCUT2D eigenvalue weighted by atomic mass is 19.1. The highest BCUT2D eigenvalue weighted by molar-refractivity contribution is 6.09. The van der Waals surface area contributed by atoms with E-state index in [9.17, 15) is 23.6 Å². The van der Waals surface area contributed by atoms with Crippen LogP contribution in [0.4, 0.5) is 9.18 Å². The minimum Gasteiger partial charge on any atom is -0.355 e. The van der Waals surface area contributed by atoms with Gasteiger partial charge in [0, 0.05) is 19.2 Å². The van der Waals surface area contributed by atoms with Crippen molar-refractivity contribution in [3.63, 3.8) is 0 Å². The van der Waals surface area contributed by atoms with Gasteiger partial charge in [0.15, 0.2) is 0 Å². The summed E-state index contributed by atoms with van der Waals surface area (Å²) < 4.78 is 13.2. The summed E-state index contributed by atoms with van der Waals surface area (Å²) in [5, 5.41) is 7.71. The molecule has 156 valence electrons. The Bertz CT molecular complexity index is 1010. The Hall–Kier alpha value is -3.75. The Morgan fingerprint density at radius 3 is 2.50 bits per heavy atom. The number of amides is 5. The molecule has 0 aromatic heterocycles. The third-order valence-corrected chi connectivity index (χ3v) is 4.90. The van der Waals surface area contributed by atoms with Gasteiger partial charge in [0.25, 0.3) is 11.8 Å². The van der Waals surface area contributed by atoms with Crippen LogP contribution in [0.5, 0.6) is 0 Å². The molecule has 0 aliphatic carbocycles. The summed E-state index contributed by atoms with van der Waals surface area (Å²) in [4.78, 5) is 49.9. The Morgan fingerprint density at radius 2 is 1.83 bits per heavy atom. The number of halogens is 1. The van der Waals surface area contributed by atoms with Crippen molar-refractivity contribution in [1.29, 1.82) is 0 Å². The van der Waals surface area contributed by atoms with Gasteiger partial charge in [0.1, 0.15) is 17.9 Å². The Labute approximate surface area is 172 Å². The zero-order valence-corrected chi connectivity index (χ0v) is 16.5. The van der Waals surface area contributed by atoms with E-state index in [1.54, 1.807) is 24.3 Å². The van der Waals surface area contributed by atoms with Crippen molar-refractivity contribution in [3.05, 3.63) is 71.0 Å². The van der Waals surface area contributed by atoms with E-state index in [2.05, 4.69) is 16.0 Å². The number of hydrogen-bond acceptors (Lipinski definition) is 4. The molecular formula is C21H21FN4O4. The predicted octanol–water partition coefficient (Wildman–Crippen LogP) is 1.27. The number of carbonyl (C=O) groups excluding carboxylic acids is 4. The average Bonchev–Trinajstić information content (AvgIpc) is 2.96. The van der Waals surface area contributed by atoms with Crippen molar-refractivity contribution in [3.8, 4) is 0 Å². The fourth-order valence-corrected chi connectivity index (χ4v) is 3.19. The first-order valence-electron chi connectivity index (χ1n) is 9.22. The van der Waals surface area contributed by atoms with Crippen LogP contribution in [-0.2, 0) is 21.7 Å². The third-order valence-electron chi connectivity index (χ3n) is 4.90. The molecule has 1 heterocycles. The fraction of sp³-hybridized carbons (Fsp3) is 0.238. The number of carbonyl (C=O) groups is 4. The van der Waals surface area contributed by atoms with Gasteiger partial charge in [-0.1, -0.05) is 24.3 Å². The van der Waals surface area contributed by atoms with Gasteiger partial charge in [-0.25, -0.2) is 9.18 Å². The fourth-order valence-electron chi connectivity index (χ4n) is 3.19. The molecule has 3 N–H and O–H groups in total. The first-order chi connectivity index (χ1) is 14.2. The van der Waals surface area contributed by atoms with Crippen LogP contribution in [0.15, 0.2) is 48.5 Å². The van der Waals surface area contributed by atoms with Gasteiger partial charge in [-0.3, -0.25) is 19.3 Å². The van der Waals surface area contributed by atoms with Crippen molar-refractivity contribution >= 4 is 23.8 Å². The van der Waals surface area contributed by atoms with Crippen molar-refractivity contribution in [2.24, 2.45) is 0 Å². The molecule has 5 amide bonds. The number of nitrogens with zero attached hydrogens (tertiary/aromatic N) is 1. The first kappa shape index (κ1) is 21.0. The van der Waals surface area contributed by atoms with Crippen LogP contribution in [0.1, 0.15) is 28.4 Å². The lowest BCUT2D eigenvalue weighted by Gasteiger charge is -2.22. The summed E-state index contributed by atoms with van der Waals surface area (Å²) in [5.74, 6) is -1.85. The molecule has 1 saturated heterocycles. The van der Waals surface area contributed by atoms with E-state index in [0.29, 0.717) is 16.7 Å². The Kier molecular flexibility index (Phi) is 5.81. The van der Waals surface area contributed by atoms with Crippen molar-refractivity contribution in [2.45, 2.75) is 19.0 Å². The maximum absolute atomic E-state index is 13.2. The molecule has 0 bridgehead atoms. The number of benzene rings is 2. The first-order valence-corrected chi connectivity index (χ1v) is 9.22. The predicted molar refractivity (Wildman–Crippen MR) is 106 cm³/mol. The van der Waals surface area contributed by atoms with Gasteiger partial charge in [-0.2, -0.15) is 0 Å². The normalized spacial score (nSPS) is 18.2. The number of rotatable bonds is 6. The molecule has 0 spiro atoms. The maximum atomic E-state index is 13.2. The standard InChI is InChI=1S/C21H21FN4O4/c1-21(15-6-8-16(22)9-7-15)19(29)26(20(30)25-21)12-17(27)24-11-13-4-3-5-14(10-13)18(28)23-2/h3-10H,11-12H2,1-2H3,(H,23,28)(H,24,27)(H,25,30). The molecule has 8 nitrogen and oxygen atoms in total. The average molecular weight is 412 g/mol. The molecule has 30 heavy (non-hydrogen) atoms. The van der Waals surface area contributed by atoms with Crippen molar-refractivity contribution in [2.75, 3.05) is 13.6 Å². The lowest BCUT2D eigenvalue weighted by Crippen LogP contribution is -2.43. The summed E-state index contributed by atoms with van der Waals surface area (Å²) in [6.45, 7) is 1.17. The summed E-state index contributed by atoms with van der Waals surface area (Å²) in [6, 6.07) is 11.2. The SMILES string of the molecule is CNC(=O)c1cccc(CNC(=O)CN2C(=O)NC(C)(c3ccc(F)cc3)C2=O)c1. The van der Waals surface area contributed by atoms with Gasteiger partial charge in [0.2, 0.25) is 5.91 Å². The summed E-state index contributed by atoms with van der Waals surface area (Å²) in [6.07, 6.45) is 0. The van der Waals surface area contributed by atoms with E-state index in [1.807, 2.05) is 0 Å². The minimum atomic E-state index is -1.38. The molecule has 1 atom stereocenters. The quantitative estimate of drug-likeness (QED) is 0.621. The van der Waals surface area contributed by atoms with E-state index in [0.717, 1.165) is 4.90 Å². The van der Waals surface area contributed by atoms with Crippen LogP contribution in [0.2, 0.25) is 0 Å². The maximum Gasteiger partial charge on any atom is 0.325 e. The number of hydrogen-bond donors (Lipinski definition) is 3. The van der Waals surface area contributed by atoms with Crippen LogP contribution < -0.4 is 16.0 Å². The number of urea groups is 1. The van der Waals surface area contributed by atoms with Crippen molar-refractivity contribution < 1.29 is 23.6 Å². The molecule has 9 heteroatoms. The lowest BCUT2D eigenvalue weighted by molar-refractivity contribution is -0.134. The Balaban J connectivity index is 1.64. The van der Waals surface area contributed by atoms with E-state index < -0.39 is 35.7 Å². The second-order valence-corrected chi connectivity index (χ2v) is 7.01. The second kappa shape index (κ2) is 8.32. The molecular weight excluding hydrogens is 391 g/mol. The molecule has 2 aromatic carbocycles. The molecule has 2 aromatic rings. The lowest BCUT2D eigenvalue weighted by atomic mass is 9.92. The molecule has 0 radical (unpaired) electrons. The van der Waals surface area contributed by atoms with E-state index in [1.165, 1.54) is 38.2 Å². The van der Waals surface area contributed by atoms with Crippen LogP contribution in [0, 0.1) is 5.82 Å². The van der Waals surface area contributed by atoms with Gasteiger partial charge >= 0.3 is 6.03 Å². The zero-order chi connectivity index (χ0) is 21.9. The molecule has 1 aliphatic heterocycles. The van der Waals surface area contributed by atoms with Gasteiger partial charge in [-0.05, 0) is 42.3 Å². The summed E-state index contributed by atoms with van der Waals surface area (Å²) >= 11 is 0. The van der Waals surface area contributed by atoms with Crippen LogP contribution in [-0.4, -0.2) is 42.2 Å². The second-order valence-electron chi connectivity index (χ2n) is 7.01. The summed E-state index contributed by atoms with van der Waals surface area (Å²) in [5.41, 5.74) is 0.176. The number of imide groups is 1. The van der Waals surface area contributed by atoms with E-state index >= 15 is 0 Å². The minimum absolute atomic E-state index is 0.128. The smallest absolute Gasteiger partial charge is 0.325 e. The third kappa shape index (κ3) is 4.14. The van der Waals surface area contributed by atoms with Gasteiger partial charge in [-0.15, -0.1) is 0 Å². The van der Waals surface area contributed by atoms with E-state index in [-0.39, 0.29) is 12.5 Å². The highest BCUT2D eigenvalue weighted by Crippen LogP contribution is 2.28. The van der Waals surface area contributed by atoms with Gasteiger partial charge in [0.05, 0.1) is 0 Å². The molecule has 1 fully saturated rings. The van der Waals surface area contributed by atoms with Crippen LogP contribution in [0.3, 0.4) is 0 Å². The Morgan fingerprint density at radius 1 is 1.13 bits per heavy atom. The van der Waals surface area contributed by atoms with Gasteiger partial charge < -0.3 is 16.0 Å². The highest BCUT2D eigenvalue weighted by Gasteiger charge is 2.49. The van der Waals surface area contributed by atoms with Crippen molar-refractivity contribution in [1.82, 2.24) is 20.9 Å². The van der Waals surface area contributed by atoms with E-state index in [4.69, 9.17) is 0 Å².